The van der Waals surface area contributed by atoms with Crippen LogP contribution in [0.15, 0.2) is 0 Å². The van der Waals surface area contributed by atoms with Gasteiger partial charge in [-0.3, -0.25) is 14.4 Å². The summed E-state index contributed by atoms with van der Waals surface area (Å²) >= 11 is 1.76. The van der Waals surface area contributed by atoms with Gasteiger partial charge in [-0.05, 0) is 38.2 Å². The van der Waals surface area contributed by atoms with Crippen molar-refractivity contribution < 1.29 is 14.4 Å². The number of hydrogen-bond acceptors (Lipinski definition) is 5. The van der Waals surface area contributed by atoms with E-state index in [9.17, 15) is 4.79 Å². The third-order valence-corrected chi connectivity index (χ3v) is 4.12. The van der Waals surface area contributed by atoms with Crippen molar-refractivity contribution in [1.82, 2.24) is 0 Å². The first kappa shape index (κ1) is 18.5. The summed E-state index contributed by atoms with van der Waals surface area (Å²) in [6.45, 7) is 5.66. The third kappa shape index (κ3) is 4.89. The monoisotopic (exact) mass is 297 g/mol. The second-order valence-electron chi connectivity index (χ2n) is 3.99. The maximum absolute atomic E-state index is 11.5. The van der Waals surface area contributed by atoms with E-state index in [-0.39, 0.29) is 18.4 Å². The fourth-order valence-electron chi connectivity index (χ4n) is 2.11. The van der Waals surface area contributed by atoms with Crippen LogP contribution >= 0.6 is 11.3 Å². The molecule has 0 aliphatic heterocycles. The molecule has 0 saturated carbocycles. The summed E-state index contributed by atoms with van der Waals surface area (Å²) in [5.74, 6) is 0.203. The Kier molecular flexibility index (Phi) is 9.55. The molecule has 0 fully saturated rings. The fourth-order valence-corrected chi connectivity index (χ4v) is 3.41. The third-order valence-electron chi connectivity index (χ3n) is 2.81. The highest BCUT2D eigenvalue weighted by Gasteiger charge is 2.22. The number of aldehydes is 2. The van der Waals surface area contributed by atoms with Crippen molar-refractivity contribution in [1.29, 1.82) is 0 Å². The Morgan fingerprint density at radius 3 is 2.15 bits per heavy atom. The van der Waals surface area contributed by atoms with E-state index in [0.717, 1.165) is 23.4 Å². The Morgan fingerprint density at radius 1 is 1.15 bits per heavy atom. The fraction of sp³-hybridized carbons (Fsp3) is 0.533. The first-order chi connectivity index (χ1) is 9.65. The maximum atomic E-state index is 11.5. The molecular formula is C15H23NO3S. The molecule has 0 spiro atoms. The average Bonchev–Trinajstić information content (AvgIpc) is 2.88. The van der Waals surface area contributed by atoms with Gasteiger partial charge in [-0.1, -0.05) is 13.8 Å². The van der Waals surface area contributed by atoms with Crippen LogP contribution in [0.5, 0.6) is 0 Å². The number of fused-ring (bicyclic) bond motifs is 1. The van der Waals surface area contributed by atoms with Crippen molar-refractivity contribution in [2.75, 3.05) is 12.4 Å². The highest BCUT2D eigenvalue weighted by molar-refractivity contribution is 7.16. The molecule has 1 aliphatic carbocycles. The SMILES string of the molecule is CC.CNc1sc2c(c1C(C)=O)CCCC2.O=CC=O. The summed E-state index contributed by atoms with van der Waals surface area (Å²) in [4.78, 5) is 30.6. The number of aryl methyl sites for hydroxylation is 1. The van der Waals surface area contributed by atoms with Crippen molar-refractivity contribution in [2.45, 2.75) is 46.5 Å². The molecular weight excluding hydrogens is 274 g/mol. The second kappa shape index (κ2) is 10.3. The van der Waals surface area contributed by atoms with Crippen molar-refractivity contribution in [3.05, 3.63) is 16.0 Å². The van der Waals surface area contributed by atoms with Crippen LogP contribution < -0.4 is 5.32 Å². The molecule has 0 unspecified atom stereocenters. The smallest absolute Gasteiger partial charge is 0.182 e. The quantitative estimate of drug-likeness (QED) is 0.528. The van der Waals surface area contributed by atoms with Gasteiger partial charge >= 0.3 is 0 Å². The molecule has 0 atom stereocenters. The van der Waals surface area contributed by atoms with Crippen molar-refractivity contribution in [3.8, 4) is 0 Å². The van der Waals surface area contributed by atoms with E-state index in [1.54, 1.807) is 18.3 Å². The van der Waals surface area contributed by atoms with Gasteiger partial charge in [-0.15, -0.1) is 11.3 Å². The molecule has 1 N–H and O–H groups in total. The highest BCUT2D eigenvalue weighted by atomic mass is 32.1. The molecule has 0 aromatic carbocycles. The van der Waals surface area contributed by atoms with Gasteiger partial charge < -0.3 is 5.32 Å². The Morgan fingerprint density at radius 2 is 1.70 bits per heavy atom. The minimum Gasteiger partial charge on any atom is -0.379 e. The van der Waals surface area contributed by atoms with Gasteiger partial charge in [-0.2, -0.15) is 0 Å². The average molecular weight is 297 g/mol. The standard InChI is InChI=1S/C11H15NOS.C2H2O2.C2H6/c1-7(13)10-8-5-3-4-6-9(8)14-11(10)12-2;3-1-2-4;1-2/h12H,3-6H2,1-2H3;1-2H;1-2H3. The summed E-state index contributed by atoms with van der Waals surface area (Å²) in [5.41, 5.74) is 2.27. The molecule has 112 valence electrons. The Bertz CT molecular complexity index is 446. The minimum absolute atomic E-state index is 0.194. The van der Waals surface area contributed by atoms with E-state index in [1.807, 2.05) is 20.9 Å². The van der Waals surface area contributed by atoms with Gasteiger partial charge in [0, 0.05) is 11.9 Å². The highest BCUT2D eigenvalue weighted by Crippen LogP contribution is 2.37. The summed E-state index contributed by atoms with van der Waals surface area (Å²) in [6.07, 6.45) is 5.13. The lowest BCUT2D eigenvalue weighted by Gasteiger charge is -2.11. The van der Waals surface area contributed by atoms with Gasteiger partial charge in [0.15, 0.2) is 18.4 Å². The number of rotatable bonds is 3. The van der Waals surface area contributed by atoms with Crippen LogP contribution in [0.1, 0.15) is 54.4 Å². The molecule has 20 heavy (non-hydrogen) atoms. The lowest BCUT2D eigenvalue weighted by molar-refractivity contribution is -0.122. The molecule has 5 heteroatoms. The number of Topliss-reactive ketones (excluding diaryl/α,β-unsaturated/α-hetero) is 1. The second-order valence-corrected chi connectivity index (χ2v) is 5.10. The van der Waals surface area contributed by atoms with Crippen LogP contribution in [0.4, 0.5) is 5.00 Å². The number of carbonyl (C=O) groups excluding carboxylic acids is 3. The van der Waals surface area contributed by atoms with E-state index in [2.05, 4.69) is 5.32 Å². The Hall–Kier alpha value is -1.49. The van der Waals surface area contributed by atoms with E-state index in [0.29, 0.717) is 0 Å². The van der Waals surface area contributed by atoms with E-state index in [1.165, 1.54) is 23.3 Å². The molecule has 0 saturated heterocycles. The molecule has 1 aromatic rings. The zero-order valence-electron chi connectivity index (χ0n) is 12.6. The molecule has 0 amide bonds. The largest absolute Gasteiger partial charge is 0.379 e. The molecule has 4 nitrogen and oxygen atoms in total. The van der Waals surface area contributed by atoms with Gasteiger partial charge in [0.2, 0.25) is 0 Å². The van der Waals surface area contributed by atoms with Gasteiger partial charge in [-0.25, -0.2) is 0 Å². The lowest BCUT2D eigenvalue weighted by Crippen LogP contribution is -2.05. The van der Waals surface area contributed by atoms with Gasteiger partial charge in [0.25, 0.3) is 0 Å². The van der Waals surface area contributed by atoms with Crippen molar-refractivity contribution >= 4 is 34.7 Å². The lowest BCUT2D eigenvalue weighted by atomic mass is 9.94. The summed E-state index contributed by atoms with van der Waals surface area (Å²) in [5, 5.41) is 4.19. The first-order valence-electron chi connectivity index (χ1n) is 6.87. The van der Waals surface area contributed by atoms with Gasteiger partial charge in [0.1, 0.15) is 0 Å². The van der Waals surface area contributed by atoms with Gasteiger partial charge in [0.05, 0.1) is 10.6 Å². The van der Waals surface area contributed by atoms with Crippen LogP contribution in [0, 0.1) is 0 Å². The van der Waals surface area contributed by atoms with Crippen LogP contribution in [0.25, 0.3) is 0 Å². The molecule has 0 bridgehead atoms. The molecule has 0 radical (unpaired) electrons. The van der Waals surface area contributed by atoms with E-state index < -0.39 is 0 Å². The predicted octanol–water partition coefficient (Wildman–Crippen LogP) is 3.28. The molecule has 1 aromatic heterocycles. The first-order valence-corrected chi connectivity index (χ1v) is 7.69. The summed E-state index contributed by atoms with van der Waals surface area (Å²) in [6, 6.07) is 0. The zero-order chi connectivity index (χ0) is 15.5. The normalized spacial score (nSPS) is 11.8. The van der Waals surface area contributed by atoms with Crippen LogP contribution in [-0.2, 0) is 22.4 Å². The topological polar surface area (TPSA) is 63.2 Å². The Balaban J connectivity index is 0.000000521. The Labute approximate surface area is 124 Å². The van der Waals surface area contributed by atoms with Crippen LogP contribution in [-0.4, -0.2) is 25.4 Å². The molecule has 1 heterocycles. The molecule has 1 aliphatic rings. The van der Waals surface area contributed by atoms with E-state index >= 15 is 0 Å². The zero-order valence-corrected chi connectivity index (χ0v) is 13.4. The number of hydrogen-bond donors (Lipinski definition) is 1. The van der Waals surface area contributed by atoms with Crippen LogP contribution in [0.3, 0.4) is 0 Å². The minimum atomic E-state index is 0.194. The van der Waals surface area contributed by atoms with E-state index in [4.69, 9.17) is 9.59 Å². The van der Waals surface area contributed by atoms with Crippen molar-refractivity contribution in [2.24, 2.45) is 0 Å². The summed E-state index contributed by atoms with van der Waals surface area (Å²) in [7, 11) is 1.89. The summed E-state index contributed by atoms with van der Waals surface area (Å²) < 4.78 is 0. The number of anilines is 1. The van der Waals surface area contributed by atoms with Crippen molar-refractivity contribution in [3.63, 3.8) is 0 Å². The maximum Gasteiger partial charge on any atom is 0.182 e. The number of nitrogens with one attached hydrogen (secondary N) is 1. The number of carbonyl (C=O) groups is 3. The van der Waals surface area contributed by atoms with Crippen LogP contribution in [0.2, 0.25) is 0 Å². The number of thiophene rings is 1. The predicted molar refractivity (Wildman–Crippen MR) is 84.0 cm³/mol. The molecule has 2 rings (SSSR count). The number of ketones is 1.